The molecular formula is C24H35N5O2S. The molecule has 3 rings (SSSR count). The van der Waals surface area contributed by atoms with Crippen molar-refractivity contribution in [3.05, 3.63) is 41.7 Å². The molecule has 1 aromatic heterocycles. The molecule has 1 aliphatic carbocycles. The summed E-state index contributed by atoms with van der Waals surface area (Å²) in [6, 6.07) is 9.17. The van der Waals surface area contributed by atoms with Gasteiger partial charge >= 0.3 is 0 Å². The molecule has 3 atom stereocenters. The van der Waals surface area contributed by atoms with E-state index in [1.165, 1.54) is 31.0 Å². The van der Waals surface area contributed by atoms with Gasteiger partial charge in [0.25, 0.3) is 5.91 Å². The molecule has 0 aliphatic heterocycles. The molecule has 2 N–H and O–H groups in total. The van der Waals surface area contributed by atoms with Gasteiger partial charge in [0, 0.05) is 18.2 Å². The number of hydrogen-bond donors (Lipinski definition) is 2. The fraction of sp³-hybridized carbons (Fsp3) is 0.583. The van der Waals surface area contributed by atoms with Crippen LogP contribution in [0.15, 0.2) is 35.5 Å². The molecule has 1 saturated carbocycles. The SMILES string of the molecule is CCn1c(SCC(=O)N[C@H]2CCCC[C@H]2C)nnc1[C@H](NC(=O)c1ccccc1)C(C)C. The first-order valence-electron chi connectivity index (χ1n) is 11.6. The normalized spacial score (nSPS) is 19.5. The van der Waals surface area contributed by atoms with Crippen molar-refractivity contribution in [2.45, 2.75) is 77.2 Å². The molecule has 0 radical (unpaired) electrons. The van der Waals surface area contributed by atoms with Crippen LogP contribution in [0.3, 0.4) is 0 Å². The number of thioether (sulfide) groups is 1. The van der Waals surface area contributed by atoms with Gasteiger partial charge in [-0.05, 0) is 43.7 Å². The Bertz CT molecular complexity index is 899. The van der Waals surface area contributed by atoms with Crippen LogP contribution in [-0.2, 0) is 11.3 Å². The summed E-state index contributed by atoms with van der Waals surface area (Å²) in [7, 11) is 0. The van der Waals surface area contributed by atoms with Crippen molar-refractivity contribution in [3.63, 3.8) is 0 Å². The van der Waals surface area contributed by atoms with E-state index in [1.807, 2.05) is 29.7 Å². The molecule has 0 bridgehead atoms. The average Bonchev–Trinajstić information content (AvgIpc) is 3.20. The Morgan fingerprint density at radius 2 is 1.88 bits per heavy atom. The molecule has 174 valence electrons. The minimum Gasteiger partial charge on any atom is -0.352 e. The summed E-state index contributed by atoms with van der Waals surface area (Å²) in [4.78, 5) is 25.3. The zero-order valence-corrected chi connectivity index (χ0v) is 20.3. The maximum atomic E-state index is 12.7. The van der Waals surface area contributed by atoms with Crippen molar-refractivity contribution in [2.24, 2.45) is 11.8 Å². The summed E-state index contributed by atoms with van der Waals surface area (Å²) in [6.45, 7) is 9.01. The summed E-state index contributed by atoms with van der Waals surface area (Å²) in [6.07, 6.45) is 4.67. The minimum absolute atomic E-state index is 0.0405. The lowest BCUT2D eigenvalue weighted by Crippen LogP contribution is -2.41. The highest BCUT2D eigenvalue weighted by molar-refractivity contribution is 7.99. The van der Waals surface area contributed by atoms with Gasteiger partial charge in [-0.2, -0.15) is 0 Å². The van der Waals surface area contributed by atoms with Crippen molar-refractivity contribution < 1.29 is 9.59 Å². The predicted octanol–water partition coefficient (Wildman–Crippen LogP) is 4.21. The number of carbonyl (C=O) groups is 2. The number of nitrogens with one attached hydrogen (secondary N) is 2. The monoisotopic (exact) mass is 457 g/mol. The molecule has 8 heteroatoms. The zero-order valence-electron chi connectivity index (χ0n) is 19.5. The summed E-state index contributed by atoms with van der Waals surface area (Å²) >= 11 is 1.40. The van der Waals surface area contributed by atoms with Gasteiger partial charge in [-0.3, -0.25) is 9.59 Å². The second-order valence-electron chi connectivity index (χ2n) is 8.87. The standard InChI is InChI=1S/C24H35N5O2S/c1-5-29-22(21(16(2)3)26-23(31)18-12-7-6-8-13-18)27-28-24(29)32-15-20(30)25-19-14-10-9-11-17(19)4/h6-8,12-13,16-17,19,21H,5,9-11,14-15H2,1-4H3,(H,25,30)(H,26,31)/t17-,19+,21-/m1/s1. The third-order valence-corrected chi connectivity index (χ3v) is 7.09. The number of aromatic nitrogens is 3. The molecule has 1 heterocycles. The Labute approximate surface area is 195 Å². The average molecular weight is 458 g/mol. The number of benzene rings is 1. The van der Waals surface area contributed by atoms with Crippen LogP contribution in [0.5, 0.6) is 0 Å². The number of amides is 2. The molecule has 1 aromatic carbocycles. The van der Waals surface area contributed by atoms with Crippen molar-refractivity contribution in [1.82, 2.24) is 25.4 Å². The van der Waals surface area contributed by atoms with E-state index in [1.54, 1.807) is 12.1 Å². The first-order chi connectivity index (χ1) is 15.4. The van der Waals surface area contributed by atoms with Crippen molar-refractivity contribution in [1.29, 1.82) is 0 Å². The van der Waals surface area contributed by atoms with Crippen molar-refractivity contribution in [2.75, 3.05) is 5.75 Å². The van der Waals surface area contributed by atoms with E-state index in [9.17, 15) is 9.59 Å². The van der Waals surface area contributed by atoms with Gasteiger partial charge in [0.05, 0.1) is 11.8 Å². The maximum absolute atomic E-state index is 12.7. The second-order valence-corrected chi connectivity index (χ2v) is 9.81. The molecule has 2 amide bonds. The van der Waals surface area contributed by atoms with Crippen LogP contribution in [0.1, 0.15) is 75.6 Å². The highest BCUT2D eigenvalue weighted by Crippen LogP contribution is 2.26. The Hall–Kier alpha value is -2.35. The lowest BCUT2D eigenvalue weighted by molar-refractivity contribution is -0.119. The third-order valence-electron chi connectivity index (χ3n) is 6.12. The van der Waals surface area contributed by atoms with Crippen molar-refractivity contribution >= 4 is 23.6 Å². The quantitative estimate of drug-likeness (QED) is 0.551. The number of carbonyl (C=O) groups excluding carboxylic acids is 2. The molecular weight excluding hydrogens is 422 g/mol. The molecule has 0 unspecified atom stereocenters. The van der Waals surface area contributed by atoms with E-state index >= 15 is 0 Å². The molecule has 0 saturated heterocycles. The van der Waals surface area contributed by atoms with Gasteiger partial charge < -0.3 is 15.2 Å². The topological polar surface area (TPSA) is 88.9 Å². The van der Waals surface area contributed by atoms with Crippen LogP contribution >= 0.6 is 11.8 Å². The third kappa shape index (κ3) is 6.12. The van der Waals surface area contributed by atoms with Crippen molar-refractivity contribution in [3.8, 4) is 0 Å². The van der Waals surface area contributed by atoms with E-state index in [2.05, 4.69) is 41.6 Å². The lowest BCUT2D eigenvalue weighted by atomic mass is 9.86. The molecule has 1 fully saturated rings. The minimum atomic E-state index is -0.276. The lowest BCUT2D eigenvalue weighted by Gasteiger charge is -2.29. The highest BCUT2D eigenvalue weighted by Gasteiger charge is 2.27. The van der Waals surface area contributed by atoms with Crippen LogP contribution in [0, 0.1) is 11.8 Å². The summed E-state index contributed by atoms with van der Waals surface area (Å²) in [5.41, 5.74) is 0.615. The predicted molar refractivity (Wildman–Crippen MR) is 127 cm³/mol. The fourth-order valence-corrected chi connectivity index (χ4v) is 5.01. The smallest absolute Gasteiger partial charge is 0.251 e. The van der Waals surface area contributed by atoms with Crippen LogP contribution in [0.25, 0.3) is 0 Å². The highest BCUT2D eigenvalue weighted by atomic mass is 32.2. The second kappa shape index (κ2) is 11.5. The van der Waals surface area contributed by atoms with Gasteiger partial charge in [0.2, 0.25) is 5.91 Å². The molecule has 0 spiro atoms. The number of nitrogens with zero attached hydrogens (tertiary/aromatic N) is 3. The summed E-state index contributed by atoms with van der Waals surface area (Å²) < 4.78 is 2.00. The van der Waals surface area contributed by atoms with Crippen LogP contribution < -0.4 is 10.6 Å². The van der Waals surface area contributed by atoms with Gasteiger partial charge in [0.1, 0.15) is 0 Å². The van der Waals surface area contributed by atoms with Gasteiger partial charge in [-0.25, -0.2) is 0 Å². The van der Waals surface area contributed by atoms with Crippen LogP contribution in [0.4, 0.5) is 0 Å². The van der Waals surface area contributed by atoms with E-state index < -0.39 is 0 Å². The zero-order chi connectivity index (χ0) is 23.1. The Balaban J connectivity index is 1.66. The largest absolute Gasteiger partial charge is 0.352 e. The Kier molecular flexibility index (Phi) is 8.73. The van der Waals surface area contributed by atoms with E-state index in [0.29, 0.717) is 28.9 Å². The Morgan fingerprint density at radius 1 is 1.16 bits per heavy atom. The fourth-order valence-electron chi connectivity index (χ4n) is 4.19. The molecule has 7 nitrogen and oxygen atoms in total. The molecule has 2 aromatic rings. The van der Waals surface area contributed by atoms with Gasteiger partial charge in [0.15, 0.2) is 11.0 Å². The molecule has 1 aliphatic rings. The van der Waals surface area contributed by atoms with E-state index in [4.69, 9.17) is 0 Å². The summed E-state index contributed by atoms with van der Waals surface area (Å²) in [5, 5.41) is 15.8. The van der Waals surface area contributed by atoms with E-state index in [0.717, 1.165) is 12.2 Å². The number of rotatable bonds is 9. The summed E-state index contributed by atoms with van der Waals surface area (Å²) in [5.74, 6) is 1.60. The van der Waals surface area contributed by atoms with Crippen LogP contribution in [-0.4, -0.2) is 38.4 Å². The first kappa shape index (κ1) is 24.3. The number of hydrogen-bond acceptors (Lipinski definition) is 5. The Morgan fingerprint density at radius 3 is 2.53 bits per heavy atom. The first-order valence-corrected chi connectivity index (χ1v) is 12.6. The van der Waals surface area contributed by atoms with Crippen LogP contribution in [0.2, 0.25) is 0 Å². The van der Waals surface area contributed by atoms with Gasteiger partial charge in [-0.1, -0.05) is 63.6 Å². The van der Waals surface area contributed by atoms with Gasteiger partial charge in [-0.15, -0.1) is 10.2 Å². The van der Waals surface area contributed by atoms with E-state index in [-0.39, 0.29) is 29.8 Å². The maximum Gasteiger partial charge on any atom is 0.251 e. The molecule has 32 heavy (non-hydrogen) atoms.